The van der Waals surface area contributed by atoms with Gasteiger partial charge in [-0.25, -0.2) is 0 Å². The lowest BCUT2D eigenvalue weighted by molar-refractivity contribution is -0.136. The lowest BCUT2D eigenvalue weighted by atomic mass is 10.0. The largest absolute Gasteiger partial charge is 0.343 e. The molecule has 4 nitrogen and oxygen atoms in total. The molecule has 0 unspecified atom stereocenters. The van der Waals surface area contributed by atoms with Crippen molar-refractivity contribution in [2.45, 2.75) is 43.4 Å². The van der Waals surface area contributed by atoms with Gasteiger partial charge in [-0.1, -0.05) is 32.0 Å². The quantitative estimate of drug-likeness (QED) is 0.770. The Morgan fingerprint density at radius 1 is 1.28 bits per heavy atom. The van der Waals surface area contributed by atoms with Crippen LogP contribution in [-0.4, -0.2) is 52.6 Å². The highest BCUT2D eigenvalue weighted by molar-refractivity contribution is 8.00. The zero-order chi connectivity index (χ0) is 18.2. The van der Waals surface area contributed by atoms with E-state index in [4.69, 9.17) is 0 Å². The first kappa shape index (κ1) is 20.2. The van der Waals surface area contributed by atoms with Gasteiger partial charge in [0.15, 0.2) is 0 Å². The number of carbonyl (C=O) groups is 2. The molecule has 2 rings (SSSR count). The van der Waals surface area contributed by atoms with Crippen LogP contribution in [0.5, 0.6) is 0 Å². The van der Waals surface area contributed by atoms with Crippen molar-refractivity contribution in [3.63, 3.8) is 0 Å². The fourth-order valence-corrected chi connectivity index (χ4v) is 4.54. The molecule has 1 fully saturated rings. The number of nitrogens with one attached hydrogen (secondary N) is 1. The van der Waals surface area contributed by atoms with Crippen LogP contribution in [-0.2, 0) is 9.59 Å². The van der Waals surface area contributed by atoms with Gasteiger partial charge in [0.2, 0.25) is 11.8 Å². The number of rotatable bonds is 6. The maximum atomic E-state index is 13.0. The van der Waals surface area contributed by atoms with Crippen molar-refractivity contribution in [3.8, 4) is 0 Å². The molecule has 0 aliphatic carbocycles. The first-order valence-corrected chi connectivity index (χ1v) is 10.9. The molecule has 138 valence electrons. The molecule has 1 heterocycles. The van der Waals surface area contributed by atoms with Gasteiger partial charge in [-0.2, -0.15) is 0 Å². The third-order valence-electron chi connectivity index (χ3n) is 4.10. The molecule has 25 heavy (non-hydrogen) atoms. The number of nitrogens with zero attached hydrogens (tertiary/aromatic N) is 1. The van der Waals surface area contributed by atoms with E-state index in [1.807, 2.05) is 30.0 Å². The second-order valence-corrected chi connectivity index (χ2v) is 9.31. The maximum absolute atomic E-state index is 13.0. The number of thioether (sulfide) groups is 2. The fourth-order valence-electron chi connectivity index (χ4n) is 2.74. The van der Waals surface area contributed by atoms with Crippen molar-refractivity contribution in [2.24, 2.45) is 5.92 Å². The summed E-state index contributed by atoms with van der Waals surface area (Å²) in [5.74, 6) is 2.05. The number of carbonyl (C=O) groups excluding carboxylic acids is 2. The van der Waals surface area contributed by atoms with Crippen molar-refractivity contribution in [1.29, 1.82) is 0 Å². The Hall–Kier alpha value is -1.14. The van der Waals surface area contributed by atoms with Crippen molar-refractivity contribution in [3.05, 3.63) is 30.3 Å². The molecule has 1 aromatic rings. The van der Waals surface area contributed by atoms with Gasteiger partial charge in [0.25, 0.3) is 0 Å². The van der Waals surface area contributed by atoms with Gasteiger partial charge < -0.3 is 10.2 Å². The van der Waals surface area contributed by atoms with Gasteiger partial charge in [0.1, 0.15) is 6.04 Å². The van der Waals surface area contributed by atoms with Crippen LogP contribution in [0.15, 0.2) is 35.2 Å². The third-order valence-corrected chi connectivity index (χ3v) is 6.23. The van der Waals surface area contributed by atoms with Crippen LogP contribution in [0.1, 0.15) is 27.2 Å². The number of hydrogen-bond donors (Lipinski definition) is 1. The van der Waals surface area contributed by atoms with E-state index >= 15 is 0 Å². The fraction of sp³-hybridized carbons (Fsp3) is 0.579. The molecule has 0 radical (unpaired) electrons. The van der Waals surface area contributed by atoms with E-state index in [9.17, 15) is 9.59 Å². The summed E-state index contributed by atoms with van der Waals surface area (Å²) in [4.78, 5) is 28.4. The highest BCUT2D eigenvalue weighted by atomic mass is 32.2. The van der Waals surface area contributed by atoms with E-state index in [1.54, 1.807) is 23.5 Å². The molecule has 1 aliphatic heterocycles. The molecule has 0 aromatic heterocycles. The Balaban J connectivity index is 2.00. The van der Waals surface area contributed by atoms with E-state index in [0.717, 1.165) is 11.5 Å². The first-order chi connectivity index (χ1) is 12.0. The summed E-state index contributed by atoms with van der Waals surface area (Å²) < 4.78 is 0. The minimum Gasteiger partial charge on any atom is -0.343 e. The summed E-state index contributed by atoms with van der Waals surface area (Å²) in [5, 5.41) is 2.86. The molecule has 6 heteroatoms. The Morgan fingerprint density at radius 3 is 2.68 bits per heavy atom. The topological polar surface area (TPSA) is 49.4 Å². The van der Waals surface area contributed by atoms with Crippen molar-refractivity contribution >= 4 is 35.3 Å². The summed E-state index contributed by atoms with van der Waals surface area (Å²) >= 11 is 3.38. The molecule has 0 saturated carbocycles. The minimum absolute atomic E-state index is 0.0236. The summed E-state index contributed by atoms with van der Waals surface area (Å²) in [6.07, 6.45) is 0.685. The van der Waals surface area contributed by atoms with Crippen LogP contribution in [0.3, 0.4) is 0 Å². The summed E-state index contributed by atoms with van der Waals surface area (Å²) in [6.45, 7) is 7.49. The molecular formula is C19H28N2O2S2. The summed E-state index contributed by atoms with van der Waals surface area (Å²) in [7, 11) is 0. The highest BCUT2D eigenvalue weighted by Crippen LogP contribution is 2.19. The number of amides is 2. The van der Waals surface area contributed by atoms with Gasteiger partial charge in [-0.05, 0) is 31.4 Å². The van der Waals surface area contributed by atoms with Crippen LogP contribution in [0, 0.1) is 5.92 Å². The van der Waals surface area contributed by atoms with E-state index in [-0.39, 0.29) is 17.1 Å². The molecule has 2 atom stereocenters. The van der Waals surface area contributed by atoms with Crippen molar-refractivity contribution in [1.82, 2.24) is 10.2 Å². The van der Waals surface area contributed by atoms with Crippen LogP contribution < -0.4 is 5.32 Å². The third kappa shape index (κ3) is 6.59. The molecule has 1 aliphatic rings. The van der Waals surface area contributed by atoms with Gasteiger partial charge >= 0.3 is 0 Å². The lowest BCUT2D eigenvalue weighted by Crippen LogP contribution is -2.50. The average Bonchev–Trinajstić information content (AvgIpc) is 2.62. The zero-order valence-corrected chi connectivity index (χ0v) is 16.9. The van der Waals surface area contributed by atoms with Crippen molar-refractivity contribution in [2.75, 3.05) is 24.6 Å². The Morgan fingerprint density at radius 2 is 2.00 bits per heavy atom. The van der Waals surface area contributed by atoms with E-state index < -0.39 is 6.04 Å². The Kier molecular flexibility index (Phi) is 8.16. The Labute approximate surface area is 159 Å². The standard InChI is InChI=1S/C19H28N2O2S2/c1-14(2)13-17-19(23)21(9-11-24-15(3)18(22)20-17)10-12-25-16-7-5-4-6-8-16/h4-8,14-15,17H,9-13H2,1-3H3,(H,20,22)/t15-,17+/m1/s1. The highest BCUT2D eigenvalue weighted by Gasteiger charge is 2.30. The van der Waals surface area contributed by atoms with Crippen LogP contribution in [0.25, 0.3) is 0 Å². The van der Waals surface area contributed by atoms with E-state index in [2.05, 4.69) is 31.3 Å². The molecule has 0 bridgehead atoms. The molecule has 1 N–H and O–H groups in total. The number of benzene rings is 1. The van der Waals surface area contributed by atoms with Gasteiger partial charge in [0.05, 0.1) is 5.25 Å². The van der Waals surface area contributed by atoms with Gasteiger partial charge in [0, 0.05) is 29.5 Å². The minimum atomic E-state index is -0.407. The zero-order valence-electron chi connectivity index (χ0n) is 15.2. The van der Waals surface area contributed by atoms with Gasteiger partial charge in [-0.3, -0.25) is 9.59 Å². The molecule has 0 spiro atoms. The monoisotopic (exact) mass is 380 g/mol. The lowest BCUT2D eigenvalue weighted by Gasteiger charge is -2.27. The van der Waals surface area contributed by atoms with E-state index in [1.165, 1.54) is 4.90 Å². The molecule has 2 amide bonds. The van der Waals surface area contributed by atoms with Gasteiger partial charge in [-0.15, -0.1) is 23.5 Å². The van der Waals surface area contributed by atoms with E-state index in [0.29, 0.717) is 25.4 Å². The van der Waals surface area contributed by atoms with Crippen molar-refractivity contribution < 1.29 is 9.59 Å². The maximum Gasteiger partial charge on any atom is 0.245 e. The summed E-state index contributed by atoms with van der Waals surface area (Å²) in [5.41, 5.74) is 0. The smallest absolute Gasteiger partial charge is 0.245 e. The Bertz CT molecular complexity index is 566. The normalized spacial score (nSPS) is 22.3. The summed E-state index contributed by atoms with van der Waals surface area (Å²) in [6, 6.07) is 9.83. The van der Waals surface area contributed by atoms with Crippen LogP contribution in [0.2, 0.25) is 0 Å². The van der Waals surface area contributed by atoms with Crippen LogP contribution in [0.4, 0.5) is 0 Å². The first-order valence-electron chi connectivity index (χ1n) is 8.86. The SMILES string of the molecule is CC(C)C[C@@H]1NC(=O)[C@@H](C)SCCN(CCSc2ccccc2)C1=O. The van der Waals surface area contributed by atoms with Crippen LogP contribution >= 0.6 is 23.5 Å². The molecule has 1 aromatic carbocycles. The molecule has 1 saturated heterocycles. The second-order valence-electron chi connectivity index (χ2n) is 6.69. The second kappa shape index (κ2) is 10.1. The predicted octanol–water partition coefficient (Wildman–Crippen LogP) is 3.27. The predicted molar refractivity (Wildman–Crippen MR) is 107 cm³/mol. The molecular weight excluding hydrogens is 352 g/mol. The average molecular weight is 381 g/mol. The number of hydrogen-bond acceptors (Lipinski definition) is 4.